The third-order valence-electron chi connectivity index (χ3n) is 7.28. The van der Waals surface area contributed by atoms with Crippen LogP contribution in [0.2, 0.25) is 0 Å². The summed E-state index contributed by atoms with van der Waals surface area (Å²) < 4.78 is 11.2. The number of para-hydroxylation sites is 1. The quantitative estimate of drug-likeness (QED) is 0.432. The maximum atomic E-state index is 13.0. The topological polar surface area (TPSA) is 88.3 Å². The van der Waals surface area contributed by atoms with Crippen molar-refractivity contribution in [2.75, 3.05) is 24.4 Å². The second-order valence-corrected chi connectivity index (χ2v) is 8.99. The van der Waals surface area contributed by atoms with Gasteiger partial charge in [0.2, 0.25) is 5.91 Å². The molecule has 1 spiro atoms. The number of methoxy groups -OCH3 is 1. The van der Waals surface area contributed by atoms with Gasteiger partial charge in [0, 0.05) is 23.4 Å². The first kappa shape index (κ1) is 18.6. The summed E-state index contributed by atoms with van der Waals surface area (Å²) in [5.74, 6) is 2.64. The number of nitrogens with zero attached hydrogens (tertiary/aromatic N) is 1. The smallest absolute Gasteiger partial charge is 0.235 e. The number of aromatic amines is 1. The molecule has 3 aliphatic rings. The fraction of sp³-hybridized carbons (Fsp3) is 0.231. The monoisotopic (exact) mass is 438 g/mol. The van der Waals surface area contributed by atoms with Gasteiger partial charge < -0.3 is 20.1 Å². The van der Waals surface area contributed by atoms with E-state index in [0.717, 1.165) is 63.6 Å². The van der Waals surface area contributed by atoms with E-state index < -0.39 is 5.41 Å². The zero-order valence-corrected chi connectivity index (χ0v) is 18.1. The van der Waals surface area contributed by atoms with Gasteiger partial charge in [-0.1, -0.05) is 18.2 Å². The molecule has 33 heavy (non-hydrogen) atoms. The van der Waals surface area contributed by atoms with E-state index in [1.54, 1.807) is 7.11 Å². The van der Waals surface area contributed by atoms with Crippen LogP contribution in [0.4, 0.5) is 17.2 Å². The van der Waals surface area contributed by atoms with E-state index >= 15 is 0 Å². The van der Waals surface area contributed by atoms with Crippen LogP contribution in [-0.4, -0.2) is 29.8 Å². The van der Waals surface area contributed by atoms with Gasteiger partial charge in [-0.3, -0.25) is 9.89 Å². The zero-order chi connectivity index (χ0) is 22.2. The molecule has 3 aromatic carbocycles. The highest BCUT2D eigenvalue weighted by Gasteiger charge is 2.65. The first-order chi connectivity index (χ1) is 16.2. The summed E-state index contributed by atoms with van der Waals surface area (Å²) in [5.41, 5.74) is 5.62. The van der Waals surface area contributed by atoms with Crippen molar-refractivity contribution in [3.05, 3.63) is 71.3 Å². The Labute approximate surface area is 190 Å². The lowest BCUT2D eigenvalue weighted by atomic mass is 9.91. The Morgan fingerprint density at radius 3 is 3.03 bits per heavy atom. The van der Waals surface area contributed by atoms with Crippen molar-refractivity contribution in [3.63, 3.8) is 0 Å². The first-order valence-corrected chi connectivity index (χ1v) is 11.2. The van der Waals surface area contributed by atoms with Gasteiger partial charge in [0.05, 0.1) is 30.3 Å². The molecular weight excluding hydrogens is 416 g/mol. The Kier molecular flexibility index (Phi) is 3.66. The van der Waals surface area contributed by atoms with Crippen LogP contribution in [0.3, 0.4) is 0 Å². The molecule has 7 rings (SSSR count). The fourth-order valence-electron chi connectivity index (χ4n) is 5.49. The van der Waals surface area contributed by atoms with Crippen LogP contribution in [0.15, 0.2) is 54.6 Å². The molecular formula is C26H22N4O3. The number of ether oxygens (including phenoxy) is 2. The Balaban J connectivity index is 1.22. The summed E-state index contributed by atoms with van der Waals surface area (Å²) in [7, 11) is 1.65. The average molecular weight is 438 g/mol. The summed E-state index contributed by atoms with van der Waals surface area (Å²) >= 11 is 0. The summed E-state index contributed by atoms with van der Waals surface area (Å²) in [6.45, 7) is 0.713. The van der Waals surface area contributed by atoms with Gasteiger partial charge >= 0.3 is 0 Å². The van der Waals surface area contributed by atoms with Crippen molar-refractivity contribution in [1.82, 2.24) is 10.2 Å². The molecule has 3 N–H and O–H groups in total. The van der Waals surface area contributed by atoms with E-state index in [1.807, 2.05) is 30.3 Å². The van der Waals surface area contributed by atoms with Gasteiger partial charge in [-0.2, -0.15) is 5.10 Å². The summed E-state index contributed by atoms with van der Waals surface area (Å²) in [4.78, 5) is 13.0. The highest BCUT2D eigenvalue weighted by molar-refractivity contribution is 6.10. The van der Waals surface area contributed by atoms with E-state index in [-0.39, 0.29) is 11.8 Å². The molecule has 7 heteroatoms. The van der Waals surface area contributed by atoms with Gasteiger partial charge in [-0.15, -0.1) is 0 Å². The third kappa shape index (κ3) is 2.56. The lowest BCUT2D eigenvalue weighted by Gasteiger charge is -2.11. The van der Waals surface area contributed by atoms with Crippen molar-refractivity contribution in [3.8, 4) is 11.5 Å². The van der Waals surface area contributed by atoms with Gasteiger partial charge in [0.15, 0.2) is 5.82 Å². The van der Waals surface area contributed by atoms with Crippen LogP contribution in [0.1, 0.15) is 29.0 Å². The van der Waals surface area contributed by atoms with Gasteiger partial charge in [0.25, 0.3) is 0 Å². The number of fused-ring (bicyclic) bond motifs is 4. The van der Waals surface area contributed by atoms with Crippen LogP contribution in [0.5, 0.6) is 11.5 Å². The Hall–Kier alpha value is -4.00. The molecule has 0 bridgehead atoms. The number of carbonyl (C=O) groups excluding carboxylic acids is 1. The number of hydrogen-bond donors (Lipinski definition) is 3. The Morgan fingerprint density at radius 1 is 1.18 bits per heavy atom. The number of H-pyrrole nitrogens is 1. The molecule has 7 nitrogen and oxygen atoms in total. The SMILES string of the molecule is COc1ccc2c(c1)[C@]1(C[C@H]1c1ccc3c(Nc4cccc5c4OCC5)n[nH]c3c1)C(=O)N2. The molecule has 2 aliphatic heterocycles. The maximum absolute atomic E-state index is 13.0. The number of nitrogens with one attached hydrogen (secondary N) is 3. The molecule has 1 fully saturated rings. The van der Waals surface area contributed by atoms with E-state index in [4.69, 9.17) is 9.47 Å². The second kappa shape index (κ2) is 6.51. The number of rotatable bonds is 4. The van der Waals surface area contributed by atoms with Crippen LogP contribution in [-0.2, 0) is 16.6 Å². The lowest BCUT2D eigenvalue weighted by molar-refractivity contribution is -0.118. The molecule has 0 radical (unpaired) electrons. The molecule has 4 aromatic rings. The largest absolute Gasteiger partial charge is 0.497 e. The molecule has 0 saturated heterocycles. The minimum Gasteiger partial charge on any atom is -0.497 e. The van der Waals surface area contributed by atoms with Crippen LogP contribution >= 0.6 is 0 Å². The van der Waals surface area contributed by atoms with Crippen LogP contribution in [0.25, 0.3) is 10.9 Å². The molecule has 164 valence electrons. The van der Waals surface area contributed by atoms with Crippen LogP contribution in [0, 0.1) is 0 Å². The predicted molar refractivity (Wildman–Crippen MR) is 126 cm³/mol. The highest BCUT2D eigenvalue weighted by atomic mass is 16.5. The van der Waals surface area contributed by atoms with E-state index in [9.17, 15) is 4.79 Å². The normalized spacial score (nSPS) is 22.1. The van der Waals surface area contributed by atoms with Crippen molar-refractivity contribution in [1.29, 1.82) is 0 Å². The number of anilines is 3. The van der Waals surface area contributed by atoms with Crippen molar-refractivity contribution in [2.45, 2.75) is 24.2 Å². The summed E-state index contributed by atoms with van der Waals surface area (Å²) in [5, 5.41) is 15.1. The molecule has 3 heterocycles. The van der Waals surface area contributed by atoms with Crippen molar-refractivity contribution >= 4 is 34.0 Å². The van der Waals surface area contributed by atoms with E-state index in [2.05, 4.69) is 45.1 Å². The predicted octanol–water partition coefficient (Wildman–Crippen LogP) is 4.63. The molecule has 1 aliphatic carbocycles. The van der Waals surface area contributed by atoms with Gasteiger partial charge in [0.1, 0.15) is 11.5 Å². The third-order valence-corrected chi connectivity index (χ3v) is 7.28. The minimum absolute atomic E-state index is 0.0701. The standard InChI is InChI=1S/C26H22N4O3/c1-32-16-6-8-20-18(12-16)26(25(31)28-20)13-19(26)15-5-7-17-22(11-15)29-30-24(17)27-21-4-2-3-14-9-10-33-23(14)21/h2-8,11-12,19H,9-10,13H2,1H3,(H,28,31)(H2,27,29,30)/t19-,26-/m0/s1. The summed E-state index contributed by atoms with van der Waals surface area (Å²) in [6, 6.07) is 18.2. The average Bonchev–Trinajstić information content (AvgIpc) is 3.08. The van der Waals surface area contributed by atoms with Crippen molar-refractivity contribution < 1.29 is 14.3 Å². The van der Waals surface area contributed by atoms with Crippen LogP contribution < -0.4 is 20.1 Å². The molecule has 2 atom stereocenters. The molecule has 1 amide bonds. The van der Waals surface area contributed by atoms with Gasteiger partial charge in [-0.05, 0) is 59.5 Å². The van der Waals surface area contributed by atoms with Crippen molar-refractivity contribution in [2.24, 2.45) is 0 Å². The Morgan fingerprint density at radius 2 is 2.12 bits per heavy atom. The number of amides is 1. The van der Waals surface area contributed by atoms with E-state index in [1.165, 1.54) is 5.56 Å². The fourth-order valence-corrected chi connectivity index (χ4v) is 5.49. The molecule has 1 saturated carbocycles. The number of hydrogen-bond acceptors (Lipinski definition) is 5. The van der Waals surface area contributed by atoms with Gasteiger partial charge in [-0.25, -0.2) is 0 Å². The minimum atomic E-state index is -0.513. The molecule has 0 unspecified atom stereocenters. The zero-order valence-electron chi connectivity index (χ0n) is 18.1. The van der Waals surface area contributed by atoms with E-state index in [0.29, 0.717) is 6.61 Å². The molecule has 1 aromatic heterocycles. The summed E-state index contributed by atoms with van der Waals surface area (Å²) in [6.07, 6.45) is 1.72. The highest BCUT2D eigenvalue weighted by Crippen LogP contribution is 2.65. The number of aromatic nitrogens is 2. The first-order valence-electron chi connectivity index (χ1n) is 11.2. The number of carbonyl (C=O) groups is 1. The Bertz CT molecular complexity index is 1460. The maximum Gasteiger partial charge on any atom is 0.235 e. The number of benzene rings is 3. The lowest BCUT2D eigenvalue weighted by Crippen LogP contribution is -2.21. The second-order valence-electron chi connectivity index (χ2n) is 8.99.